The normalized spacial score (nSPS) is 15.3. The van der Waals surface area contributed by atoms with E-state index >= 15 is 0 Å². The summed E-state index contributed by atoms with van der Waals surface area (Å²) in [4.78, 5) is 12.6. The molecule has 1 aromatic rings. The molecule has 0 heterocycles. The molecule has 0 amide bonds. The molecule has 5 nitrogen and oxygen atoms in total. The van der Waals surface area contributed by atoms with Crippen LogP contribution in [0.5, 0.6) is 0 Å². The van der Waals surface area contributed by atoms with Gasteiger partial charge in [-0.05, 0) is 37.8 Å². The fourth-order valence-corrected chi connectivity index (χ4v) is 5.10. The van der Waals surface area contributed by atoms with Crippen molar-refractivity contribution in [3.05, 3.63) is 35.9 Å². The van der Waals surface area contributed by atoms with Crippen molar-refractivity contribution >= 4 is 29.5 Å². The zero-order chi connectivity index (χ0) is 21.2. The Morgan fingerprint density at radius 2 is 1.64 bits per heavy atom. The van der Waals surface area contributed by atoms with E-state index in [4.69, 9.17) is 9.47 Å². The predicted octanol–water partition coefficient (Wildman–Crippen LogP) is 3.72. The van der Waals surface area contributed by atoms with E-state index in [-0.39, 0.29) is 17.2 Å². The predicted molar refractivity (Wildman–Crippen MR) is 117 cm³/mol. The van der Waals surface area contributed by atoms with Gasteiger partial charge >= 0.3 is 5.97 Å². The fourth-order valence-electron chi connectivity index (χ4n) is 2.44. The lowest BCUT2D eigenvalue weighted by molar-refractivity contribution is -0.175. The quantitative estimate of drug-likeness (QED) is 0.387. The van der Waals surface area contributed by atoms with Crippen molar-refractivity contribution in [3.63, 3.8) is 0 Å². The topological polar surface area (TPSA) is 76.0 Å². The maximum absolute atomic E-state index is 12.6. The molecule has 28 heavy (non-hydrogen) atoms. The molecule has 2 N–H and O–H groups in total. The smallest absolute Gasteiger partial charge is 0.311 e. The third-order valence-corrected chi connectivity index (χ3v) is 6.64. The van der Waals surface area contributed by atoms with Crippen LogP contribution in [0.2, 0.25) is 0 Å². The Labute approximate surface area is 177 Å². The molecule has 160 valence electrons. The molecule has 0 fully saturated rings. The number of esters is 1. The fraction of sp³-hybridized carbons (Fsp3) is 0.667. The number of ether oxygens (including phenoxy) is 2. The number of rotatable bonds is 12. The number of benzene rings is 1. The van der Waals surface area contributed by atoms with Gasteiger partial charge in [0.25, 0.3) is 0 Å². The van der Waals surface area contributed by atoms with E-state index in [1.54, 1.807) is 44.3 Å². The van der Waals surface area contributed by atoms with E-state index < -0.39 is 30.3 Å². The first-order valence-electron chi connectivity index (χ1n) is 9.63. The van der Waals surface area contributed by atoms with Crippen LogP contribution in [0.3, 0.4) is 0 Å². The van der Waals surface area contributed by atoms with Gasteiger partial charge < -0.3 is 19.7 Å². The number of aliphatic hydroxyl groups is 2. The summed E-state index contributed by atoms with van der Waals surface area (Å²) >= 11 is 3.31. The van der Waals surface area contributed by atoms with Gasteiger partial charge in [0, 0.05) is 0 Å². The summed E-state index contributed by atoms with van der Waals surface area (Å²) in [6.07, 6.45) is -2.68. The van der Waals surface area contributed by atoms with Gasteiger partial charge in [-0.3, -0.25) is 4.79 Å². The highest BCUT2D eigenvalue weighted by atomic mass is 32.2. The lowest BCUT2D eigenvalue weighted by Crippen LogP contribution is -2.49. The Morgan fingerprint density at radius 1 is 1.07 bits per heavy atom. The van der Waals surface area contributed by atoms with Crippen LogP contribution in [-0.2, 0) is 20.9 Å². The summed E-state index contributed by atoms with van der Waals surface area (Å²) in [6.45, 7) is 9.25. The molecule has 0 spiro atoms. The molecule has 0 radical (unpaired) electrons. The van der Waals surface area contributed by atoms with E-state index in [1.807, 2.05) is 44.2 Å². The molecule has 7 heteroatoms. The van der Waals surface area contributed by atoms with Gasteiger partial charge in [0.05, 0.1) is 23.2 Å². The number of carbonyl (C=O) groups excluding carboxylic acids is 1. The van der Waals surface area contributed by atoms with E-state index in [0.717, 1.165) is 17.1 Å². The second-order valence-electron chi connectivity index (χ2n) is 7.41. The van der Waals surface area contributed by atoms with Crippen molar-refractivity contribution in [2.75, 3.05) is 18.1 Å². The van der Waals surface area contributed by atoms with Crippen LogP contribution in [-0.4, -0.2) is 57.2 Å². The third-order valence-electron chi connectivity index (χ3n) is 3.96. The first-order valence-corrected chi connectivity index (χ1v) is 11.7. The van der Waals surface area contributed by atoms with Crippen LogP contribution in [0.1, 0.15) is 40.2 Å². The van der Waals surface area contributed by atoms with E-state index in [9.17, 15) is 15.0 Å². The second kappa shape index (κ2) is 12.8. The van der Waals surface area contributed by atoms with Gasteiger partial charge in [0.2, 0.25) is 0 Å². The van der Waals surface area contributed by atoms with Gasteiger partial charge in [-0.25, -0.2) is 0 Å². The molecule has 0 aromatic heterocycles. The van der Waals surface area contributed by atoms with Crippen LogP contribution in [0.25, 0.3) is 0 Å². The van der Waals surface area contributed by atoms with E-state index in [1.165, 1.54) is 0 Å². The molecule has 1 aromatic carbocycles. The summed E-state index contributed by atoms with van der Waals surface area (Å²) in [6, 6.07) is 9.60. The molecule has 0 aliphatic heterocycles. The monoisotopic (exact) mass is 430 g/mol. The molecule has 0 unspecified atom stereocenters. The minimum absolute atomic E-state index is 0.108. The highest BCUT2D eigenvalue weighted by Crippen LogP contribution is 2.33. The maximum atomic E-state index is 12.6. The lowest BCUT2D eigenvalue weighted by Gasteiger charge is -2.36. The highest BCUT2D eigenvalue weighted by Gasteiger charge is 2.40. The summed E-state index contributed by atoms with van der Waals surface area (Å²) < 4.78 is 11.8. The van der Waals surface area contributed by atoms with Gasteiger partial charge in [0.1, 0.15) is 12.2 Å². The SMILES string of the molecule is CCSC(SCC)[C@H](OC(=O)C(C)(C)C)[C@@H](OCc1ccccc1)[C@H](O)CO. The molecule has 1 rings (SSSR count). The van der Waals surface area contributed by atoms with Crippen molar-refractivity contribution in [3.8, 4) is 0 Å². The third kappa shape index (κ3) is 8.33. The Bertz CT molecular complexity index is 556. The van der Waals surface area contributed by atoms with Crippen LogP contribution in [0.4, 0.5) is 0 Å². The Hall–Kier alpha value is -0.730. The number of hydrogen-bond donors (Lipinski definition) is 2. The standard InChI is InChI=1S/C21H34O5S2/c1-6-27-19(28-7-2)18(26-20(24)21(3,4)5)17(16(23)13-22)25-14-15-11-9-8-10-12-15/h8-12,16-19,22-23H,6-7,13-14H2,1-5H3/t16-,17+,18-/m1/s1. The zero-order valence-electron chi connectivity index (χ0n) is 17.5. The Kier molecular flexibility index (Phi) is 11.5. The van der Waals surface area contributed by atoms with Crippen LogP contribution in [0, 0.1) is 5.41 Å². The summed E-state index contributed by atoms with van der Waals surface area (Å²) in [5, 5.41) is 20.1. The van der Waals surface area contributed by atoms with Crippen LogP contribution < -0.4 is 0 Å². The lowest BCUT2D eigenvalue weighted by atomic mass is 9.97. The average Bonchev–Trinajstić information content (AvgIpc) is 2.66. The molecule has 0 aliphatic carbocycles. The summed E-state index contributed by atoms with van der Waals surface area (Å²) in [5.74, 6) is 1.32. The van der Waals surface area contributed by atoms with Crippen LogP contribution >= 0.6 is 23.5 Å². The average molecular weight is 431 g/mol. The van der Waals surface area contributed by atoms with Gasteiger partial charge in [-0.2, -0.15) is 0 Å². The molecule has 0 saturated heterocycles. The molecule has 0 aliphatic rings. The van der Waals surface area contributed by atoms with Crippen molar-refractivity contribution in [2.24, 2.45) is 5.41 Å². The largest absolute Gasteiger partial charge is 0.457 e. The molecular formula is C21H34O5S2. The minimum atomic E-state index is -1.15. The molecule has 3 atom stereocenters. The number of carbonyl (C=O) groups is 1. The van der Waals surface area contributed by atoms with Crippen molar-refractivity contribution in [2.45, 2.75) is 64.1 Å². The highest BCUT2D eigenvalue weighted by molar-refractivity contribution is 8.17. The van der Waals surface area contributed by atoms with E-state index in [2.05, 4.69) is 0 Å². The first-order chi connectivity index (χ1) is 13.2. The van der Waals surface area contributed by atoms with Crippen LogP contribution in [0.15, 0.2) is 30.3 Å². The Balaban J connectivity index is 3.13. The van der Waals surface area contributed by atoms with Crippen molar-refractivity contribution < 1.29 is 24.5 Å². The number of aliphatic hydroxyl groups excluding tert-OH is 2. The maximum Gasteiger partial charge on any atom is 0.311 e. The first kappa shape index (κ1) is 25.3. The van der Waals surface area contributed by atoms with Gasteiger partial charge in [-0.15, -0.1) is 23.5 Å². The molecular weight excluding hydrogens is 396 g/mol. The van der Waals surface area contributed by atoms with Gasteiger partial charge in [0.15, 0.2) is 6.10 Å². The number of thioether (sulfide) groups is 2. The van der Waals surface area contributed by atoms with E-state index in [0.29, 0.717) is 0 Å². The molecule has 0 saturated carbocycles. The molecule has 0 bridgehead atoms. The van der Waals surface area contributed by atoms with Crippen molar-refractivity contribution in [1.82, 2.24) is 0 Å². The second-order valence-corrected chi connectivity index (χ2v) is 10.5. The zero-order valence-corrected chi connectivity index (χ0v) is 19.1. The Morgan fingerprint density at radius 3 is 2.11 bits per heavy atom. The summed E-state index contributed by atoms with van der Waals surface area (Å²) in [7, 11) is 0. The van der Waals surface area contributed by atoms with Crippen molar-refractivity contribution in [1.29, 1.82) is 0 Å². The number of hydrogen-bond acceptors (Lipinski definition) is 7. The van der Waals surface area contributed by atoms with Gasteiger partial charge in [-0.1, -0.05) is 44.2 Å². The summed E-state index contributed by atoms with van der Waals surface area (Å²) in [5.41, 5.74) is 0.270. The minimum Gasteiger partial charge on any atom is -0.457 e.